The lowest BCUT2D eigenvalue weighted by Crippen LogP contribution is -2.07. The van der Waals surface area contributed by atoms with Crippen LogP contribution in [0, 0.1) is 0 Å². The molecule has 2 heteroatoms. The predicted molar refractivity (Wildman–Crippen MR) is 67.4 cm³/mol. The summed E-state index contributed by atoms with van der Waals surface area (Å²) in [4.78, 5) is 4.32. The van der Waals surface area contributed by atoms with Gasteiger partial charge in [0.1, 0.15) is 6.17 Å². The van der Waals surface area contributed by atoms with Crippen LogP contribution in [0.2, 0.25) is 0 Å². The van der Waals surface area contributed by atoms with E-state index >= 15 is 0 Å². The minimum Gasteiger partial charge on any atom is -0.306 e. The number of hydrogen-bond acceptors (Lipinski definition) is 2. The van der Waals surface area contributed by atoms with Crippen molar-refractivity contribution in [2.75, 3.05) is 0 Å². The summed E-state index contributed by atoms with van der Waals surface area (Å²) in [7, 11) is 0. The Labute approximate surface area is 95.5 Å². The maximum absolute atomic E-state index is 5.94. The lowest BCUT2D eigenvalue weighted by Gasteiger charge is -2.05. The van der Waals surface area contributed by atoms with Crippen molar-refractivity contribution < 1.29 is 0 Å². The van der Waals surface area contributed by atoms with Crippen LogP contribution in [0.15, 0.2) is 65.7 Å². The summed E-state index contributed by atoms with van der Waals surface area (Å²) >= 11 is 0. The first-order valence-corrected chi connectivity index (χ1v) is 5.25. The van der Waals surface area contributed by atoms with E-state index in [1.165, 1.54) is 0 Å². The van der Waals surface area contributed by atoms with E-state index in [0.29, 0.717) is 0 Å². The molecule has 0 heterocycles. The van der Waals surface area contributed by atoms with Crippen molar-refractivity contribution >= 4 is 6.21 Å². The van der Waals surface area contributed by atoms with Gasteiger partial charge in [-0.3, -0.25) is 4.99 Å². The second-order valence-electron chi connectivity index (χ2n) is 3.54. The summed E-state index contributed by atoms with van der Waals surface area (Å²) in [5, 5.41) is 0. The van der Waals surface area contributed by atoms with Gasteiger partial charge in [0.2, 0.25) is 0 Å². The van der Waals surface area contributed by atoms with E-state index in [2.05, 4.69) is 4.99 Å². The Balaban J connectivity index is 2.08. The van der Waals surface area contributed by atoms with Gasteiger partial charge in [-0.1, -0.05) is 60.7 Å². The van der Waals surface area contributed by atoms with Crippen LogP contribution in [0.4, 0.5) is 0 Å². The maximum Gasteiger partial charge on any atom is 0.123 e. The number of hydrogen-bond donors (Lipinski definition) is 1. The highest BCUT2D eigenvalue weighted by Gasteiger charge is 2.00. The molecule has 1 unspecified atom stereocenters. The molecule has 2 N–H and O–H groups in total. The fraction of sp³-hybridized carbons (Fsp3) is 0.0714. The molecule has 0 saturated heterocycles. The van der Waals surface area contributed by atoms with E-state index in [1.54, 1.807) is 6.21 Å². The molecule has 0 amide bonds. The molecule has 0 aliphatic heterocycles. The average Bonchev–Trinajstić information content (AvgIpc) is 2.38. The molecule has 2 aromatic carbocycles. The Morgan fingerprint density at radius 3 is 2.06 bits per heavy atom. The van der Waals surface area contributed by atoms with Gasteiger partial charge in [0.15, 0.2) is 0 Å². The standard InChI is InChI=1S/C14H14N2/c15-14(13-9-5-2-6-10-13)16-11-12-7-3-1-4-8-12/h1-11,14H,15H2. The van der Waals surface area contributed by atoms with E-state index in [0.717, 1.165) is 11.1 Å². The molecule has 1 atom stereocenters. The summed E-state index contributed by atoms with van der Waals surface area (Å²) in [5.41, 5.74) is 8.03. The van der Waals surface area contributed by atoms with Gasteiger partial charge in [0.25, 0.3) is 0 Å². The third-order valence-corrected chi connectivity index (χ3v) is 2.32. The van der Waals surface area contributed by atoms with Crippen LogP contribution >= 0.6 is 0 Å². The van der Waals surface area contributed by atoms with Crippen LogP contribution in [0.3, 0.4) is 0 Å². The molecule has 0 saturated carbocycles. The summed E-state index contributed by atoms with van der Waals surface area (Å²) in [6, 6.07) is 19.8. The summed E-state index contributed by atoms with van der Waals surface area (Å²) in [6.45, 7) is 0. The third kappa shape index (κ3) is 2.78. The van der Waals surface area contributed by atoms with E-state index in [4.69, 9.17) is 5.73 Å². The van der Waals surface area contributed by atoms with E-state index in [-0.39, 0.29) is 6.17 Å². The highest BCUT2D eigenvalue weighted by Crippen LogP contribution is 2.10. The first-order valence-electron chi connectivity index (χ1n) is 5.25. The lowest BCUT2D eigenvalue weighted by molar-refractivity contribution is 0.780. The minimum atomic E-state index is -0.290. The molecule has 0 aliphatic rings. The Morgan fingerprint density at radius 2 is 1.44 bits per heavy atom. The van der Waals surface area contributed by atoms with Crippen LogP contribution < -0.4 is 5.73 Å². The van der Waals surface area contributed by atoms with Crippen LogP contribution in [0.1, 0.15) is 17.3 Å². The molecule has 0 aromatic heterocycles. The van der Waals surface area contributed by atoms with Crippen molar-refractivity contribution in [2.24, 2.45) is 10.7 Å². The smallest absolute Gasteiger partial charge is 0.123 e. The highest BCUT2D eigenvalue weighted by molar-refractivity contribution is 5.79. The van der Waals surface area contributed by atoms with E-state index < -0.39 is 0 Å². The number of nitrogens with zero attached hydrogens (tertiary/aromatic N) is 1. The van der Waals surface area contributed by atoms with Gasteiger partial charge in [0, 0.05) is 6.21 Å². The molecule has 0 fully saturated rings. The number of benzene rings is 2. The molecule has 0 spiro atoms. The minimum absolute atomic E-state index is 0.290. The van der Waals surface area contributed by atoms with Gasteiger partial charge in [-0.05, 0) is 11.1 Å². The molecule has 16 heavy (non-hydrogen) atoms. The van der Waals surface area contributed by atoms with Crippen molar-refractivity contribution in [2.45, 2.75) is 6.17 Å². The normalized spacial score (nSPS) is 12.8. The number of aliphatic imine (C=N–C) groups is 1. The fourth-order valence-electron chi connectivity index (χ4n) is 1.44. The third-order valence-electron chi connectivity index (χ3n) is 2.32. The van der Waals surface area contributed by atoms with Gasteiger partial charge in [-0.15, -0.1) is 0 Å². The van der Waals surface area contributed by atoms with Crippen LogP contribution in [-0.2, 0) is 0 Å². The lowest BCUT2D eigenvalue weighted by atomic mass is 10.2. The van der Waals surface area contributed by atoms with Crippen LogP contribution in [-0.4, -0.2) is 6.21 Å². The molecule has 2 rings (SSSR count). The topological polar surface area (TPSA) is 38.4 Å². The molecule has 0 radical (unpaired) electrons. The van der Waals surface area contributed by atoms with Crippen LogP contribution in [0.25, 0.3) is 0 Å². The number of nitrogens with two attached hydrogens (primary N) is 1. The molecule has 2 nitrogen and oxygen atoms in total. The van der Waals surface area contributed by atoms with Gasteiger partial charge in [0.05, 0.1) is 0 Å². The molecule has 0 bridgehead atoms. The number of rotatable bonds is 3. The van der Waals surface area contributed by atoms with E-state index in [1.807, 2.05) is 60.7 Å². The summed E-state index contributed by atoms with van der Waals surface area (Å²) in [5.74, 6) is 0. The zero-order valence-electron chi connectivity index (χ0n) is 8.95. The Bertz CT molecular complexity index is 449. The summed E-state index contributed by atoms with van der Waals surface area (Å²) < 4.78 is 0. The van der Waals surface area contributed by atoms with Gasteiger partial charge in [-0.25, -0.2) is 0 Å². The van der Waals surface area contributed by atoms with Crippen molar-refractivity contribution in [1.29, 1.82) is 0 Å². The maximum atomic E-state index is 5.94. The van der Waals surface area contributed by atoms with Gasteiger partial charge >= 0.3 is 0 Å². The van der Waals surface area contributed by atoms with Crippen LogP contribution in [0.5, 0.6) is 0 Å². The predicted octanol–water partition coefficient (Wildman–Crippen LogP) is 2.76. The molecular formula is C14H14N2. The quantitative estimate of drug-likeness (QED) is 0.777. The average molecular weight is 210 g/mol. The molecule has 0 aliphatic carbocycles. The second-order valence-corrected chi connectivity index (χ2v) is 3.54. The highest BCUT2D eigenvalue weighted by atomic mass is 14.9. The molecular weight excluding hydrogens is 196 g/mol. The SMILES string of the molecule is NC(N=Cc1ccccc1)c1ccccc1. The fourth-order valence-corrected chi connectivity index (χ4v) is 1.44. The van der Waals surface area contributed by atoms with Crippen molar-refractivity contribution in [1.82, 2.24) is 0 Å². The first-order chi connectivity index (χ1) is 7.86. The molecule has 80 valence electrons. The van der Waals surface area contributed by atoms with Crippen molar-refractivity contribution in [3.8, 4) is 0 Å². The Morgan fingerprint density at radius 1 is 0.875 bits per heavy atom. The Hall–Kier alpha value is -1.93. The zero-order chi connectivity index (χ0) is 11.2. The zero-order valence-corrected chi connectivity index (χ0v) is 8.95. The first kappa shape index (κ1) is 10.6. The van der Waals surface area contributed by atoms with Gasteiger partial charge < -0.3 is 5.73 Å². The van der Waals surface area contributed by atoms with Gasteiger partial charge in [-0.2, -0.15) is 0 Å². The van der Waals surface area contributed by atoms with E-state index in [9.17, 15) is 0 Å². The molecule has 2 aromatic rings. The largest absolute Gasteiger partial charge is 0.306 e. The van der Waals surface area contributed by atoms with Crippen molar-refractivity contribution in [3.63, 3.8) is 0 Å². The summed E-state index contributed by atoms with van der Waals surface area (Å²) in [6.07, 6.45) is 1.51. The Kier molecular flexibility index (Phi) is 3.46. The monoisotopic (exact) mass is 210 g/mol. The second kappa shape index (κ2) is 5.24. The van der Waals surface area contributed by atoms with Crippen molar-refractivity contribution in [3.05, 3.63) is 71.8 Å².